The molecule has 0 radical (unpaired) electrons. The molecular formula is C10H10N2O. The highest BCUT2D eigenvalue weighted by atomic mass is 16.5. The average molecular weight is 174 g/mol. The van der Waals surface area contributed by atoms with E-state index in [2.05, 4.69) is 4.98 Å². The summed E-state index contributed by atoms with van der Waals surface area (Å²) >= 11 is 0. The van der Waals surface area contributed by atoms with Crippen molar-refractivity contribution >= 4 is 10.8 Å². The Kier molecular flexibility index (Phi) is 2.10. The van der Waals surface area contributed by atoms with Crippen LogP contribution in [0.2, 0.25) is 0 Å². The number of rotatable bonds is 2. The third-order valence-electron chi connectivity index (χ3n) is 1.86. The predicted octanol–water partition coefficient (Wildman–Crippen LogP) is 1.53. The molecule has 1 aromatic heterocycles. The number of pyridine rings is 1. The SMILES string of the molecule is NCOc1nccc2ccccc12. The first kappa shape index (κ1) is 8.01. The van der Waals surface area contributed by atoms with Crippen LogP contribution in [0.5, 0.6) is 5.88 Å². The molecular weight excluding hydrogens is 164 g/mol. The molecule has 2 N–H and O–H groups in total. The molecule has 0 saturated heterocycles. The van der Waals surface area contributed by atoms with Gasteiger partial charge in [-0.05, 0) is 17.5 Å². The molecule has 1 heterocycles. The Morgan fingerprint density at radius 3 is 2.92 bits per heavy atom. The molecule has 3 nitrogen and oxygen atoms in total. The molecule has 1 aromatic carbocycles. The van der Waals surface area contributed by atoms with Crippen molar-refractivity contribution in [2.24, 2.45) is 5.73 Å². The summed E-state index contributed by atoms with van der Waals surface area (Å²) in [5, 5.41) is 2.11. The number of hydrogen-bond acceptors (Lipinski definition) is 3. The number of hydrogen-bond donors (Lipinski definition) is 1. The Labute approximate surface area is 76.2 Å². The lowest BCUT2D eigenvalue weighted by Gasteiger charge is -2.04. The molecule has 0 aliphatic heterocycles. The summed E-state index contributed by atoms with van der Waals surface area (Å²) in [5.41, 5.74) is 5.29. The van der Waals surface area contributed by atoms with Gasteiger partial charge in [-0.2, -0.15) is 0 Å². The van der Waals surface area contributed by atoms with E-state index in [1.54, 1.807) is 6.20 Å². The highest BCUT2D eigenvalue weighted by Crippen LogP contribution is 2.21. The number of ether oxygens (including phenoxy) is 1. The van der Waals surface area contributed by atoms with E-state index in [9.17, 15) is 0 Å². The second kappa shape index (κ2) is 3.41. The molecule has 0 amide bonds. The van der Waals surface area contributed by atoms with Crippen molar-refractivity contribution in [2.45, 2.75) is 0 Å². The quantitative estimate of drug-likeness (QED) is 0.702. The fourth-order valence-corrected chi connectivity index (χ4v) is 1.29. The number of aromatic nitrogens is 1. The first-order valence-corrected chi connectivity index (χ1v) is 4.08. The Balaban J connectivity index is 2.61. The van der Waals surface area contributed by atoms with Crippen LogP contribution in [0, 0.1) is 0 Å². The van der Waals surface area contributed by atoms with Crippen LogP contribution in [0.15, 0.2) is 36.5 Å². The summed E-state index contributed by atoms with van der Waals surface area (Å²) in [6.45, 7) is 0.154. The summed E-state index contributed by atoms with van der Waals surface area (Å²) in [4.78, 5) is 4.09. The Hall–Kier alpha value is -1.61. The van der Waals surface area contributed by atoms with Gasteiger partial charge in [-0.3, -0.25) is 5.73 Å². The molecule has 0 bridgehead atoms. The van der Waals surface area contributed by atoms with Crippen molar-refractivity contribution in [3.63, 3.8) is 0 Å². The van der Waals surface area contributed by atoms with E-state index in [0.29, 0.717) is 5.88 Å². The van der Waals surface area contributed by atoms with Gasteiger partial charge >= 0.3 is 0 Å². The Bertz CT molecular complexity index is 409. The van der Waals surface area contributed by atoms with Gasteiger partial charge in [-0.1, -0.05) is 18.2 Å². The third kappa shape index (κ3) is 1.46. The molecule has 2 aromatic rings. The lowest BCUT2D eigenvalue weighted by molar-refractivity contribution is 0.321. The van der Waals surface area contributed by atoms with Crippen LogP contribution in [-0.4, -0.2) is 11.7 Å². The van der Waals surface area contributed by atoms with Crippen molar-refractivity contribution < 1.29 is 4.74 Å². The zero-order valence-corrected chi connectivity index (χ0v) is 7.10. The molecule has 0 aliphatic rings. The van der Waals surface area contributed by atoms with Crippen LogP contribution in [0.3, 0.4) is 0 Å². The minimum atomic E-state index is 0.154. The summed E-state index contributed by atoms with van der Waals surface area (Å²) in [6.07, 6.45) is 1.72. The first-order valence-electron chi connectivity index (χ1n) is 4.08. The second-order valence-electron chi connectivity index (χ2n) is 2.65. The summed E-state index contributed by atoms with van der Waals surface area (Å²) < 4.78 is 5.19. The lowest BCUT2D eigenvalue weighted by Crippen LogP contribution is -2.08. The predicted molar refractivity (Wildman–Crippen MR) is 51.4 cm³/mol. The van der Waals surface area contributed by atoms with Gasteiger partial charge in [0, 0.05) is 11.6 Å². The highest BCUT2D eigenvalue weighted by Gasteiger charge is 2.00. The topological polar surface area (TPSA) is 48.1 Å². The van der Waals surface area contributed by atoms with Crippen LogP contribution in [-0.2, 0) is 0 Å². The van der Waals surface area contributed by atoms with E-state index in [4.69, 9.17) is 10.5 Å². The largest absolute Gasteiger partial charge is 0.462 e. The van der Waals surface area contributed by atoms with Gasteiger partial charge in [-0.15, -0.1) is 0 Å². The van der Waals surface area contributed by atoms with E-state index in [0.717, 1.165) is 10.8 Å². The maximum Gasteiger partial charge on any atom is 0.222 e. The van der Waals surface area contributed by atoms with Gasteiger partial charge in [0.15, 0.2) is 0 Å². The smallest absolute Gasteiger partial charge is 0.222 e. The van der Waals surface area contributed by atoms with Crippen LogP contribution < -0.4 is 10.5 Å². The number of nitrogens with two attached hydrogens (primary N) is 1. The van der Waals surface area contributed by atoms with Crippen molar-refractivity contribution in [1.29, 1.82) is 0 Å². The summed E-state index contributed by atoms with van der Waals surface area (Å²) in [7, 11) is 0. The minimum absolute atomic E-state index is 0.154. The molecule has 13 heavy (non-hydrogen) atoms. The van der Waals surface area contributed by atoms with Crippen LogP contribution in [0.4, 0.5) is 0 Å². The number of nitrogens with zero attached hydrogens (tertiary/aromatic N) is 1. The van der Waals surface area contributed by atoms with E-state index >= 15 is 0 Å². The zero-order chi connectivity index (χ0) is 9.10. The Morgan fingerprint density at radius 1 is 1.23 bits per heavy atom. The molecule has 0 atom stereocenters. The number of benzene rings is 1. The van der Waals surface area contributed by atoms with Crippen LogP contribution in [0.25, 0.3) is 10.8 Å². The molecule has 3 heteroatoms. The molecule has 66 valence electrons. The molecule has 0 saturated carbocycles. The zero-order valence-electron chi connectivity index (χ0n) is 7.10. The monoisotopic (exact) mass is 174 g/mol. The molecule has 2 rings (SSSR count). The average Bonchev–Trinajstić information content (AvgIpc) is 2.19. The molecule has 0 fully saturated rings. The standard InChI is InChI=1S/C10H10N2O/c11-7-13-10-9-4-2-1-3-8(9)5-6-12-10/h1-6H,7,11H2. The highest BCUT2D eigenvalue weighted by molar-refractivity contribution is 5.86. The van der Waals surface area contributed by atoms with Gasteiger partial charge < -0.3 is 4.74 Å². The molecule has 0 spiro atoms. The fraction of sp³-hybridized carbons (Fsp3) is 0.100. The summed E-state index contributed by atoms with van der Waals surface area (Å²) in [5.74, 6) is 0.598. The van der Waals surface area contributed by atoms with Crippen molar-refractivity contribution in [3.8, 4) is 5.88 Å². The van der Waals surface area contributed by atoms with Crippen molar-refractivity contribution in [3.05, 3.63) is 36.5 Å². The minimum Gasteiger partial charge on any atom is -0.462 e. The number of fused-ring (bicyclic) bond motifs is 1. The first-order chi connectivity index (χ1) is 6.42. The lowest BCUT2D eigenvalue weighted by atomic mass is 10.2. The van der Waals surface area contributed by atoms with Gasteiger partial charge in [-0.25, -0.2) is 4.98 Å². The third-order valence-corrected chi connectivity index (χ3v) is 1.86. The van der Waals surface area contributed by atoms with E-state index in [1.807, 2.05) is 30.3 Å². The van der Waals surface area contributed by atoms with Crippen LogP contribution in [0.1, 0.15) is 0 Å². The van der Waals surface area contributed by atoms with Crippen molar-refractivity contribution in [1.82, 2.24) is 4.98 Å². The second-order valence-corrected chi connectivity index (χ2v) is 2.65. The summed E-state index contributed by atoms with van der Waals surface area (Å²) in [6, 6.07) is 9.86. The van der Waals surface area contributed by atoms with Gasteiger partial charge in [0.1, 0.15) is 6.73 Å². The van der Waals surface area contributed by atoms with Gasteiger partial charge in [0.25, 0.3) is 0 Å². The maximum absolute atomic E-state index is 5.29. The fourth-order valence-electron chi connectivity index (χ4n) is 1.29. The molecule has 0 unspecified atom stereocenters. The normalized spacial score (nSPS) is 10.2. The van der Waals surface area contributed by atoms with Crippen molar-refractivity contribution in [2.75, 3.05) is 6.73 Å². The van der Waals surface area contributed by atoms with E-state index in [1.165, 1.54) is 0 Å². The van der Waals surface area contributed by atoms with E-state index in [-0.39, 0.29) is 6.73 Å². The van der Waals surface area contributed by atoms with E-state index < -0.39 is 0 Å². The molecule has 0 aliphatic carbocycles. The van der Waals surface area contributed by atoms with Crippen LogP contribution >= 0.6 is 0 Å². The maximum atomic E-state index is 5.29. The van der Waals surface area contributed by atoms with Gasteiger partial charge in [0.05, 0.1) is 0 Å². The van der Waals surface area contributed by atoms with Gasteiger partial charge in [0.2, 0.25) is 5.88 Å². The Morgan fingerprint density at radius 2 is 2.08 bits per heavy atom.